The highest BCUT2D eigenvalue weighted by atomic mass is 35.5. The summed E-state index contributed by atoms with van der Waals surface area (Å²) >= 11 is 9.74. The average Bonchev–Trinajstić information content (AvgIpc) is 1.65. The van der Waals surface area contributed by atoms with Crippen LogP contribution in [0.25, 0.3) is 0 Å². The predicted molar refractivity (Wildman–Crippen MR) is 28.9 cm³/mol. The molecule has 0 unspecified atom stereocenters. The second kappa shape index (κ2) is 1.70. The summed E-state index contributed by atoms with van der Waals surface area (Å²) in [6, 6.07) is 0. The average molecular weight is 179 g/mol. The van der Waals surface area contributed by atoms with E-state index in [1.807, 2.05) is 0 Å². The first-order chi connectivity index (χ1) is 3.88. The smallest absolute Gasteiger partial charge is 0.218 e. The summed E-state index contributed by atoms with van der Waals surface area (Å²) in [4.78, 5) is 0. The second-order valence-corrected chi connectivity index (χ2v) is 3.08. The van der Waals surface area contributed by atoms with Crippen LogP contribution in [0.3, 0.4) is 0 Å². The molecule has 1 saturated carbocycles. The van der Waals surface area contributed by atoms with Crippen LogP contribution in [0.4, 0.5) is 13.2 Å². The molecule has 2 atom stereocenters. The van der Waals surface area contributed by atoms with E-state index < -0.39 is 22.8 Å². The molecule has 1 aliphatic rings. The molecular weight excluding hydrogens is 176 g/mol. The summed E-state index contributed by atoms with van der Waals surface area (Å²) in [5.74, 6) is -3.44. The van der Waals surface area contributed by atoms with Crippen molar-refractivity contribution in [2.75, 3.05) is 0 Å². The van der Waals surface area contributed by atoms with E-state index >= 15 is 0 Å². The number of alkyl halides is 5. The van der Waals surface area contributed by atoms with Crippen molar-refractivity contribution in [3.8, 4) is 0 Å². The zero-order valence-electron chi connectivity index (χ0n) is 4.17. The monoisotopic (exact) mass is 178 g/mol. The van der Waals surface area contributed by atoms with Crippen LogP contribution < -0.4 is 0 Å². The van der Waals surface area contributed by atoms with Crippen LogP contribution >= 0.6 is 23.2 Å². The highest BCUT2D eigenvalue weighted by molar-refractivity contribution is 6.33. The Morgan fingerprint density at radius 2 is 1.78 bits per heavy atom. The van der Waals surface area contributed by atoms with Crippen molar-refractivity contribution >= 4 is 23.2 Å². The predicted octanol–water partition coefficient (Wildman–Crippen LogP) is 2.54. The van der Waals surface area contributed by atoms with Gasteiger partial charge in [0.2, 0.25) is 0 Å². The van der Waals surface area contributed by atoms with Gasteiger partial charge in [0.15, 0.2) is 0 Å². The number of hydrogen-bond donors (Lipinski definition) is 0. The Morgan fingerprint density at radius 3 is 1.78 bits per heavy atom. The molecule has 0 amide bonds. The Bertz CT molecular complexity index is 134. The number of halogens is 5. The third kappa shape index (κ3) is 0.819. The Morgan fingerprint density at radius 1 is 1.33 bits per heavy atom. The molecule has 0 spiro atoms. The van der Waals surface area contributed by atoms with Crippen molar-refractivity contribution in [1.82, 2.24) is 0 Å². The molecule has 9 heavy (non-hydrogen) atoms. The Hall–Kier alpha value is 0.370. The van der Waals surface area contributed by atoms with Gasteiger partial charge in [-0.15, -0.1) is 11.6 Å². The van der Waals surface area contributed by atoms with Gasteiger partial charge in [-0.1, -0.05) is 11.6 Å². The van der Waals surface area contributed by atoms with Gasteiger partial charge < -0.3 is 0 Å². The maximum Gasteiger partial charge on any atom is 0.298 e. The van der Waals surface area contributed by atoms with Gasteiger partial charge in [-0.3, -0.25) is 0 Å². The van der Waals surface area contributed by atoms with Crippen LogP contribution in [0, 0.1) is 0 Å². The van der Waals surface area contributed by atoms with E-state index in [2.05, 4.69) is 0 Å². The van der Waals surface area contributed by atoms with Crippen LogP contribution in [0.5, 0.6) is 0 Å². The van der Waals surface area contributed by atoms with E-state index in [9.17, 15) is 13.2 Å². The lowest BCUT2D eigenvalue weighted by Crippen LogP contribution is -2.59. The SMILES string of the molecule is FC1(F)C[C@H](Cl)[C@@]1(F)Cl. The Balaban J connectivity index is 2.70. The normalized spacial score (nSPS) is 48.3. The molecule has 0 heterocycles. The van der Waals surface area contributed by atoms with Crippen LogP contribution in [-0.4, -0.2) is 16.4 Å². The van der Waals surface area contributed by atoms with Gasteiger partial charge in [0.1, 0.15) is 0 Å². The second-order valence-electron chi connectivity index (χ2n) is 2.00. The fourth-order valence-electron chi connectivity index (χ4n) is 0.587. The van der Waals surface area contributed by atoms with E-state index in [1.165, 1.54) is 0 Å². The summed E-state index contributed by atoms with van der Waals surface area (Å²) < 4.78 is 36.2. The van der Waals surface area contributed by atoms with Crippen LogP contribution in [0.2, 0.25) is 0 Å². The molecule has 0 N–H and O–H groups in total. The minimum atomic E-state index is -3.44. The lowest BCUT2D eigenvalue weighted by atomic mass is 9.91. The van der Waals surface area contributed by atoms with Gasteiger partial charge in [-0.05, 0) is 0 Å². The first-order valence-corrected chi connectivity index (χ1v) is 3.09. The summed E-state index contributed by atoms with van der Waals surface area (Å²) in [5.41, 5.74) is 0. The van der Waals surface area contributed by atoms with Gasteiger partial charge in [-0.25, -0.2) is 13.2 Å². The maximum atomic E-state index is 12.3. The molecule has 0 aromatic rings. The molecule has 0 aliphatic heterocycles. The molecule has 54 valence electrons. The summed E-state index contributed by atoms with van der Waals surface area (Å²) in [6.45, 7) is 0. The molecule has 0 nitrogen and oxygen atoms in total. The summed E-state index contributed by atoms with van der Waals surface area (Å²) in [5, 5.41) is -4.27. The summed E-state index contributed by atoms with van der Waals surface area (Å²) in [6.07, 6.45) is -0.672. The summed E-state index contributed by atoms with van der Waals surface area (Å²) in [7, 11) is 0. The van der Waals surface area contributed by atoms with Crippen molar-refractivity contribution in [3.63, 3.8) is 0 Å². The number of rotatable bonds is 0. The van der Waals surface area contributed by atoms with Crippen LogP contribution in [0.15, 0.2) is 0 Å². The van der Waals surface area contributed by atoms with E-state index in [1.54, 1.807) is 0 Å². The third-order valence-corrected chi connectivity index (χ3v) is 2.42. The standard InChI is InChI=1S/C4H3Cl2F3/c5-2-1-3(7,8)4(2,6)9/h2H,1H2/t2-,4-/m0/s1. The van der Waals surface area contributed by atoms with Gasteiger partial charge >= 0.3 is 0 Å². The van der Waals surface area contributed by atoms with E-state index in [-0.39, 0.29) is 0 Å². The maximum absolute atomic E-state index is 12.3. The highest BCUT2D eigenvalue weighted by Crippen LogP contribution is 2.55. The van der Waals surface area contributed by atoms with Crippen LogP contribution in [0.1, 0.15) is 6.42 Å². The Labute approximate surface area is 59.9 Å². The van der Waals surface area contributed by atoms with Gasteiger partial charge in [0, 0.05) is 6.42 Å². The van der Waals surface area contributed by atoms with Crippen molar-refractivity contribution in [2.45, 2.75) is 22.8 Å². The molecule has 0 aromatic carbocycles. The molecule has 1 aliphatic carbocycles. The van der Waals surface area contributed by atoms with Gasteiger partial charge in [0.05, 0.1) is 5.38 Å². The molecule has 0 bridgehead atoms. The fourth-order valence-corrected chi connectivity index (χ4v) is 1.10. The minimum absolute atomic E-state index is 0.672. The van der Waals surface area contributed by atoms with E-state index in [0.717, 1.165) is 0 Å². The minimum Gasteiger partial charge on any atom is -0.218 e. The van der Waals surface area contributed by atoms with Gasteiger partial charge in [-0.2, -0.15) is 0 Å². The van der Waals surface area contributed by atoms with Gasteiger partial charge in [0.25, 0.3) is 11.1 Å². The lowest BCUT2D eigenvalue weighted by molar-refractivity contribution is -0.162. The first kappa shape index (κ1) is 7.48. The zero-order chi connectivity index (χ0) is 7.28. The van der Waals surface area contributed by atoms with E-state index in [4.69, 9.17) is 23.2 Å². The molecule has 1 rings (SSSR count). The molecule has 0 saturated heterocycles. The fraction of sp³-hybridized carbons (Fsp3) is 1.00. The van der Waals surface area contributed by atoms with Crippen molar-refractivity contribution < 1.29 is 13.2 Å². The molecular formula is C4H3Cl2F3. The topological polar surface area (TPSA) is 0 Å². The molecule has 0 aromatic heterocycles. The van der Waals surface area contributed by atoms with Crippen molar-refractivity contribution in [1.29, 1.82) is 0 Å². The quantitative estimate of drug-likeness (QED) is 0.501. The lowest BCUT2D eigenvalue weighted by Gasteiger charge is -2.41. The molecule has 1 fully saturated rings. The molecule has 5 heteroatoms. The largest absolute Gasteiger partial charge is 0.298 e. The third-order valence-electron chi connectivity index (χ3n) is 1.32. The highest BCUT2D eigenvalue weighted by Gasteiger charge is 2.69. The molecule has 0 radical (unpaired) electrons. The van der Waals surface area contributed by atoms with E-state index in [0.29, 0.717) is 0 Å². The zero-order valence-corrected chi connectivity index (χ0v) is 5.69. The Kier molecular flexibility index (Phi) is 1.41. The van der Waals surface area contributed by atoms with Crippen molar-refractivity contribution in [3.05, 3.63) is 0 Å². The first-order valence-electron chi connectivity index (χ1n) is 2.27. The van der Waals surface area contributed by atoms with Crippen LogP contribution in [-0.2, 0) is 0 Å². The number of hydrogen-bond acceptors (Lipinski definition) is 0. The van der Waals surface area contributed by atoms with Crippen molar-refractivity contribution in [2.24, 2.45) is 0 Å².